The fourth-order valence-corrected chi connectivity index (χ4v) is 4.53. The molecule has 2 heterocycles. The quantitative estimate of drug-likeness (QED) is 0.814. The number of nitrogens with zero attached hydrogens (tertiary/aromatic N) is 1. The van der Waals surface area contributed by atoms with Gasteiger partial charge in [0.05, 0.1) is 0 Å². The molecule has 2 aliphatic heterocycles. The number of hydrogen-bond acceptors (Lipinski definition) is 3. The molecule has 1 N–H and O–H groups in total. The van der Waals surface area contributed by atoms with Crippen molar-refractivity contribution >= 4 is 11.8 Å². The molecule has 2 rings (SSSR count). The number of nitrogens with one attached hydrogen (secondary N) is 1. The van der Waals surface area contributed by atoms with Crippen LogP contribution in [0.2, 0.25) is 0 Å². The van der Waals surface area contributed by atoms with Crippen molar-refractivity contribution in [2.24, 2.45) is 5.41 Å². The molecule has 16 heavy (non-hydrogen) atoms. The van der Waals surface area contributed by atoms with Gasteiger partial charge in [0.1, 0.15) is 0 Å². The van der Waals surface area contributed by atoms with E-state index in [9.17, 15) is 0 Å². The minimum Gasteiger partial charge on any atom is -0.314 e. The number of hydrogen-bond donors (Lipinski definition) is 1. The van der Waals surface area contributed by atoms with Crippen molar-refractivity contribution in [1.29, 1.82) is 0 Å². The highest BCUT2D eigenvalue weighted by atomic mass is 32.2. The Kier molecular flexibility index (Phi) is 4.20. The maximum absolute atomic E-state index is 3.42. The van der Waals surface area contributed by atoms with Crippen LogP contribution >= 0.6 is 11.8 Å². The molecule has 0 amide bonds. The third kappa shape index (κ3) is 2.57. The zero-order chi connectivity index (χ0) is 11.6. The third-order valence-electron chi connectivity index (χ3n) is 4.18. The minimum absolute atomic E-state index is 0.510. The first kappa shape index (κ1) is 12.7. The van der Waals surface area contributed by atoms with Crippen molar-refractivity contribution in [2.75, 3.05) is 31.1 Å². The highest BCUT2D eigenvalue weighted by Gasteiger charge is 2.40. The van der Waals surface area contributed by atoms with Crippen LogP contribution in [0.25, 0.3) is 0 Å². The van der Waals surface area contributed by atoms with E-state index in [2.05, 4.69) is 42.7 Å². The van der Waals surface area contributed by atoms with E-state index in [1.54, 1.807) is 0 Å². The van der Waals surface area contributed by atoms with Gasteiger partial charge in [-0.15, -0.1) is 0 Å². The van der Waals surface area contributed by atoms with Crippen LogP contribution in [-0.2, 0) is 0 Å². The molecular formula is C13H26N2S. The Labute approximate surface area is 105 Å². The van der Waals surface area contributed by atoms with E-state index in [0.29, 0.717) is 5.41 Å². The highest BCUT2D eigenvalue weighted by Crippen LogP contribution is 2.38. The van der Waals surface area contributed by atoms with Crippen molar-refractivity contribution in [3.63, 3.8) is 0 Å². The maximum Gasteiger partial charge on any atom is 0.0348 e. The summed E-state index contributed by atoms with van der Waals surface area (Å²) in [5.74, 6) is 2.69. The van der Waals surface area contributed by atoms with E-state index in [4.69, 9.17) is 0 Å². The van der Waals surface area contributed by atoms with Gasteiger partial charge in [0, 0.05) is 30.9 Å². The van der Waals surface area contributed by atoms with E-state index in [-0.39, 0.29) is 0 Å². The summed E-state index contributed by atoms with van der Waals surface area (Å²) in [4.78, 5) is 2.79. The predicted molar refractivity (Wildman–Crippen MR) is 73.2 cm³/mol. The predicted octanol–water partition coefficient (Wildman–Crippen LogP) is 2.20. The lowest BCUT2D eigenvalue weighted by Crippen LogP contribution is -2.63. The van der Waals surface area contributed by atoms with Crippen molar-refractivity contribution in [3.05, 3.63) is 0 Å². The molecule has 2 nitrogen and oxygen atoms in total. The Hall–Kier alpha value is 0.270. The molecule has 0 bridgehead atoms. The van der Waals surface area contributed by atoms with Crippen LogP contribution in [0.15, 0.2) is 0 Å². The van der Waals surface area contributed by atoms with Crippen LogP contribution in [0.4, 0.5) is 0 Å². The molecule has 0 aromatic carbocycles. The van der Waals surface area contributed by atoms with Gasteiger partial charge in [0.15, 0.2) is 0 Å². The minimum atomic E-state index is 0.510. The molecule has 0 aromatic heterocycles. The molecule has 1 atom stereocenters. The van der Waals surface area contributed by atoms with Crippen molar-refractivity contribution in [2.45, 2.75) is 45.7 Å². The maximum atomic E-state index is 3.42. The third-order valence-corrected chi connectivity index (χ3v) is 5.22. The Morgan fingerprint density at radius 2 is 2.12 bits per heavy atom. The van der Waals surface area contributed by atoms with E-state index < -0.39 is 0 Å². The van der Waals surface area contributed by atoms with Gasteiger partial charge in [-0.2, -0.15) is 11.8 Å². The van der Waals surface area contributed by atoms with E-state index in [1.807, 2.05) is 0 Å². The lowest BCUT2D eigenvalue weighted by atomic mass is 9.80. The van der Waals surface area contributed by atoms with Gasteiger partial charge in [-0.25, -0.2) is 0 Å². The summed E-state index contributed by atoms with van der Waals surface area (Å²) in [5, 5.41) is 3.42. The van der Waals surface area contributed by atoms with E-state index >= 15 is 0 Å². The molecule has 3 heteroatoms. The lowest BCUT2D eigenvalue weighted by molar-refractivity contribution is 0.0364. The standard InChI is InChI=1S/C13H26N2S/c1-4-6-15(11-8-14-9-11)12-10-16-7-5-13(12,2)3/h11-12,14H,4-10H2,1-3H3. The summed E-state index contributed by atoms with van der Waals surface area (Å²) in [6, 6.07) is 1.60. The molecule has 0 saturated carbocycles. The van der Waals surface area contributed by atoms with Gasteiger partial charge in [-0.05, 0) is 30.6 Å². The molecular weight excluding hydrogens is 216 g/mol. The normalized spacial score (nSPS) is 30.4. The smallest absolute Gasteiger partial charge is 0.0348 e. The fraction of sp³-hybridized carbons (Fsp3) is 1.00. The zero-order valence-electron chi connectivity index (χ0n) is 11.0. The Morgan fingerprint density at radius 3 is 2.62 bits per heavy atom. The first-order valence-corrected chi connectivity index (χ1v) is 7.85. The Bertz CT molecular complexity index is 226. The molecule has 1 unspecified atom stereocenters. The lowest BCUT2D eigenvalue weighted by Gasteiger charge is -2.50. The topological polar surface area (TPSA) is 15.3 Å². The summed E-state index contributed by atoms with van der Waals surface area (Å²) in [7, 11) is 0. The van der Waals surface area contributed by atoms with Crippen LogP contribution in [0, 0.1) is 5.41 Å². The summed E-state index contributed by atoms with van der Waals surface area (Å²) in [6.45, 7) is 10.9. The average Bonchev–Trinajstić information content (AvgIpc) is 2.14. The molecule has 0 aromatic rings. The van der Waals surface area contributed by atoms with Crippen LogP contribution in [0.1, 0.15) is 33.6 Å². The van der Waals surface area contributed by atoms with E-state index in [1.165, 1.54) is 44.0 Å². The average molecular weight is 242 g/mol. The zero-order valence-corrected chi connectivity index (χ0v) is 11.8. The van der Waals surface area contributed by atoms with Crippen LogP contribution < -0.4 is 5.32 Å². The molecule has 0 radical (unpaired) electrons. The molecule has 2 fully saturated rings. The second-order valence-corrected chi connectivity index (χ2v) is 7.03. The molecule has 0 aliphatic carbocycles. The van der Waals surface area contributed by atoms with Crippen molar-refractivity contribution in [3.8, 4) is 0 Å². The highest BCUT2D eigenvalue weighted by molar-refractivity contribution is 7.99. The summed E-state index contributed by atoms with van der Waals surface area (Å²) >= 11 is 2.15. The molecule has 2 saturated heterocycles. The summed E-state index contributed by atoms with van der Waals surface area (Å²) < 4.78 is 0. The van der Waals surface area contributed by atoms with Gasteiger partial charge >= 0.3 is 0 Å². The van der Waals surface area contributed by atoms with Crippen LogP contribution in [-0.4, -0.2) is 48.1 Å². The monoisotopic (exact) mass is 242 g/mol. The number of thioether (sulfide) groups is 1. The molecule has 94 valence electrons. The Balaban J connectivity index is 2.04. The number of rotatable bonds is 4. The van der Waals surface area contributed by atoms with Gasteiger partial charge in [-0.1, -0.05) is 20.8 Å². The Morgan fingerprint density at radius 1 is 1.38 bits per heavy atom. The van der Waals surface area contributed by atoms with Crippen LogP contribution in [0.3, 0.4) is 0 Å². The summed E-state index contributed by atoms with van der Waals surface area (Å²) in [5.41, 5.74) is 0.510. The van der Waals surface area contributed by atoms with Crippen molar-refractivity contribution in [1.82, 2.24) is 10.2 Å². The first-order chi connectivity index (χ1) is 7.65. The van der Waals surface area contributed by atoms with Gasteiger partial charge in [-0.3, -0.25) is 4.90 Å². The van der Waals surface area contributed by atoms with Gasteiger partial charge in [0.2, 0.25) is 0 Å². The van der Waals surface area contributed by atoms with Gasteiger partial charge < -0.3 is 5.32 Å². The first-order valence-electron chi connectivity index (χ1n) is 6.69. The second kappa shape index (κ2) is 5.28. The molecule has 2 aliphatic rings. The van der Waals surface area contributed by atoms with Gasteiger partial charge in [0.25, 0.3) is 0 Å². The van der Waals surface area contributed by atoms with Crippen molar-refractivity contribution < 1.29 is 0 Å². The second-order valence-electron chi connectivity index (χ2n) is 5.88. The summed E-state index contributed by atoms with van der Waals surface area (Å²) in [6.07, 6.45) is 2.66. The largest absolute Gasteiger partial charge is 0.314 e. The SMILES string of the molecule is CCCN(C1CNC1)C1CSCCC1(C)C. The van der Waals surface area contributed by atoms with Crippen LogP contribution in [0.5, 0.6) is 0 Å². The fourth-order valence-electron chi connectivity index (χ4n) is 2.83. The molecule has 0 spiro atoms. The van der Waals surface area contributed by atoms with E-state index in [0.717, 1.165) is 12.1 Å².